The summed E-state index contributed by atoms with van der Waals surface area (Å²) in [5.74, 6) is -0.617. The molecule has 13 nitrogen and oxygen atoms in total. The number of hydrogen-bond donors (Lipinski definition) is 1. The van der Waals surface area contributed by atoms with Gasteiger partial charge in [-0.1, -0.05) is 6.92 Å². The fourth-order valence-electron chi connectivity index (χ4n) is 4.74. The maximum absolute atomic E-state index is 13.8. The molecule has 4 rings (SSSR count). The van der Waals surface area contributed by atoms with Crippen LogP contribution in [0.1, 0.15) is 32.6 Å². The van der Waals surface area contributed by atoms with Crippen LogP contribution in [-0.2, 0) is 33.9 Å². The first-order valence-corrected chi connectivity index (χ1v) is 15.1. The van der Waals surface area contributed by atoms with Crippen LogP contribution in [0.4, 0.5) is 9.18 Å². The number of nitrogens with one attached hydrogen (secondary N) is 1. The molecule has 2 unspecified atom stereocenters. The highest BCUT2D eigenvalue weighted by molar-refractivity contribution is 7.89. The molecule has 2 aliphatic heterocycles. The van der Waals surface area contributed by atoms with E-state index in [1.54, 1.807) is 6.92 Å². The third-order valence-electron chi connectivity index (χ3n) is 6.83. The van der Waals surface area contributed by atoms with Gasteiger partial charge in [0.1, 0.15) is 30.0 Å². The minimum absolute atomic E-state index is 0.000461. The number of hydrogen-bond acceptors (Lipinski definition) is 10. The van der Waals surface area contributed by atoms with Gasteiger partial charge in [-0.25, -0.2) is 32.9 Å². The van der Waals surface area contributed by atoms with Gasteiger partial charge in [-0.15, -0.1) is 0 Å². The fraction of sp³-hybridized carbons (Fsp3) is 0.519. The second kappa shape index (κ2) is 14.7. The zero-order valence-corrected chi connectivity index (χ0v) is 24.3. The van der Waals surface area contributed by atoms with E-state index >= 15 is 0 Å². The number of sulfonamides is 1. The van der Waals surface area contributed by atoms with E-state index in [0.717, 1.165) is 17.1 Å². The van der Waals surface area contributed by atoms with Crippen LogP contribution >= 0.6 is 0 Å². The number of methoxy groups -OCH3 is 1. The zero-order chi connectivity index (χ0) is 30.1. The highest BCUT2D eigenvalue weighted by Gasteiger charge is 2.48. The molecule has 0 bridgehead atoms. The lowest BCUT2D eigenvalue weighted by Crippen LogP contribution is -2.66. The van der Waals surface area contributed by atoms with Crippen LogP contribution in [-0.4, -0.2) is 93.0 Å². The predicted octanol–water partition coefficient (Wildman–Crippen LogP) is 2.82. The number of carbonyl (C=O) groups excluding carboxylic acids is 2. The molecule has 0 radical (unpaired) electrons. The monoisotopic (exact) mass is 610 g/mol. The smallest absolute Gasteiger partial charge is 0.410 e. The first-order chi connectivity index (χ1) is 20.2. The van der Waals surface area contributed by atoms with Gasteiger partial charge >= 0.3 is 6.09 Å². The Morgan fingerprint density at radius 1 is 1.10 bits per heavy atom. The molecule has 1 N–H and O–H groups in total. The summed E-state index contributed by atoms with van der Waals surface area (Å²) in [6.07, 6.45) is 2.40. The number of benzene rings is 1. The normalized spacial score (nSPS) is 21.5. The molecule has 230 valence electrons. The molecule has 0 saturated carbocycles. The van der Waals surface area contributed by atoms with Crippen molar-refractivity contribution in [1.29, 1.82) is 0 Å². The Bertz CT molecular complexity index is 1290. The van der Waals surface area contributed by atoms with E-state index in [4.69, 9.17) is 23.8 Å². The molecule has 15 heteroatoms. The minimum atomic E-state index is -4.34. The van der Waals surface area contributed by atoms with E-state index in [0.29, 0.717) is 18.8 Å². The Labute approximate surface area is 243 Å². The van der Waals surface area contributed by atoms with E-state index in [9.17, 15) is 22.4 Å². The van der Waals surface area contributed by atoms with Crippen LogP contribution in [0, 0.1) is 5.82 Å². The second-order valence-electron chi connectivity index (χ2n) is 9.61. The third-order valence-corrected chi connectivity index (χ3v) is 8.63. The average molecular weight is 611 g/mol. The van der Waals surface area contributed by atoms with E-state index in [-0.39, 0.29) is 43.5 Å². The summed E-state index contributed by atoms with van der Waals surface area (Å²) in [4.78, 5) is 37.3. The summed E-state index contributed by atoms with van der Waals surface area (Å²) < 4.78 is 63.2. The van der Waals surface area contributed by atoms with Crippen molar-refractivity contribution in [1.82, 2.24) is 19.7 Å². The molecule has 2 saturated heterocycles. The maximum atomic E-state index is 13.8. The Kier molecular flexibility index (Phi) is 11.0. The first kappa shape index (κ1) is 31.6. The van der Waals surface area contributed by atoms with Gasteiger partial charge in [0.25, 0.3) is 15.9 Å². The van der Waals surface area contributed by atoms with Crippen molar-refractivity contribution in [2.75, 3.05) is 40.0 Å². The number of carbonyl (C=O) groups is 2. The number of piperazine rings is 1. The largest absolute Gasteiger partial charge is 0.456 e. The van der Waals surface area contributed by atoms with E-state index in [2.05, 4.69) is 10.5 Å². The number of aromatic nitrogens is 1. The summed E-state index contributed by atoms with van der Waals surface area (Å²) in [6, 6.07) is 5.74. The SMILES string of the molecule is CC[C@H]1C(C(=O)NOC2CCCCO2)N(S(=O)(=O)c2ccc(Oc3ccc(F)cc3)cn2)CCN1C(=O)OCCOC. The van der Waals surface area contributed by atoms with Crippen molar-refractivity contribution in [3.8, 4) is 11.5 Å². The van der Waals surface area contributed by atoms with Gasteiger partial charge in [-0.3, -0.25) is 4.79 Å². The molecular formula is C27H35FN4O9S. The number of rotatable bonds is 11. The molecule has 1 aromatic carbocycles. The van der Waals surface area contributed by atoms with Crippen molar-refractivity contribution in [3.05, 3.63) is 48.4 Å². The summed E-state index contributed by atoms with van der Waals surface area (Å²) in [6.45, 7) is 2.18. The van der Waals surface area contributed by atoms with Crippen LogP contribution in [0.2, 0.25) is 0 Å². The Balaban J connectivity index is 1.56. The van der Waals surface area contributed by atoms with Gasteiger partial charge in [0, 0.05) is 33.2 Å². The van der Waals surface area contributed by atoms with Gasteiger partial charge in [-0.05, 0) is 55.7 Å². The molecule has 2 aromatic rings. The van der Waals surface area contributed by atoms with E-state index < -0.39 is 46.2 Å². The van der Waals surface area contributed by atoms with Crippen LogP contribution in [0.25, 0.3) is 0 Å². The fourth-order valence-corrected chi connectivity index (χ4v) is 6.26. The highest BCUT2D eigenvalue weighted by atomic mass is 32.2. The van der Waals surface area contributed by atoms with Gasteiger partial charge in [-0.2, -0.15) is 4.31 Å². The van der Waals surface area contributed by atoms with E-state index in [1.807, 2.05) is 0 Å². The molecular weight excluding hydrogens is 575 g/mol. The topological polar surface area (TPSA) is 146 Å². The minimum Gasteiger partial charge on any atom is -0.456 e. The molecule has 42 heavy (non-hydrogen) atoms. The van der Waals surface area contributed by atoms with Gasteiger partial charge in [0.2, 0.25) is 0 Å². The second-order valence-corrected chi connectivity index (χ2v) is 11.4. The van der Waals surface area contributed by atoms with Crippen molar-refractivity contribution < 1.29 is 46.2 Å². The maximum Gasteiger partial charge on any atom is 0.410 e. The molecule has 3 atom stereocenters. The van der Waals surface area contributed by atoms with Crippen LogP contribution in [0.15, 0.2) is 47.6 Å². The van der Waals surface area contributed by atoms with Crippen molar-refractivity contribution >= 4 is 22.0 Å². The Hall–Kier alpha value is -3.37. The number of nitrogens with zero attached hydrogens (tertiary/aromatic N) is 3. The molecule has 2 amide bonds. The van der Waals surface area contributed by atoms with Crippen molar-refractivity contribution in [2.45, 2.75) is 56.0 Å². The van der Waals surface area contributed by atoms with Gasteiger partial charge < -0.3 is 23.8 Å². The number of hydroxylamine groups is 1. The highest BCUT2D eigenvalue weighted by Crippen LogP contribution is 2.29. The summed E-state index contributed by atoms with van der Waals surface area (Å²) in [7, 11) is -2.87. The average Bonchev–Trinajstić information content (AvgIpc) is 3.01. The molecule has 1 aromatic heterocycles. The first-order valence-electron chi connectivity index (χ1n) is 13.7. The molecule has 0 aliphatic carbocycles. The number of amides is 2. The number of ether oxygens (including phenoxy) is 4. The Morgan fingerprint density at radius 2 is 1.86 bits per heavy atom. The Morgan fingerprint density at radius 3 is 2.50 bits per heavy atom. The van der Waals surface area contributed by atoms with Gasteiger partial charge in [0.15, 0.2) is 11.3 Å². The van der Waals surface area contributed by atoms with Crippen molar-refractivity contribution in [3.63, 3.8) is 0 Å². The summed E-state index contributed by atoms with van der Waals surface area (Å²) in [5.41, 5.74) is 2.36. The lowest BCUT2D eigenvalue weighted by Gasteiger charge is -2.44. The standard InChI is InChI=1S/C27H35FN4O9S/c1-3-22-25(26(33)30-41-24-6-4-5-15-38-24)32(14-13-31(22)27(34)39-17-16-37-2)42(35,36)23-12-11-21(18-29-23)40-20-9-7-19(28)8-10-20/h7-12,18,22,24-25H,3-6,13-17H2,1-2H3,(H,30,33)/t22-,24?,25?/m0/s1. The van der Waals surface area contributed by atoms with Crippen molar-refractivity contribution in [2.24, 2.45) is 0 Å². The lowest BCUT2D eigenvalue weighted by molar-refractivity contribution is -0.203. The third kappa shape index (κ3) is 7.72. The zero-order valence-electron chi connectivity index (χ0n) is 23.4. The van der Waals surface area contributed by atoms with Crippen LogP contribution in [0.3, 0.4) is 0 Å². The predicted molar refractivity (Wildman–Crippen MR) is 145 cm³/mol. The summed E-state index contributed by atoms with van der Waals surface area (Å²) in [5, 5.41) is -0.325. The number of pyridine rings is 1. The van der Waals surface area contributed by atoms with Crippen LogP contribution < -0.4 is 10.2 Å². The van der Waals surface area contributed by atoms with E-state index in [1.165, 1.54) is 54.6 Å². The van der Waals surface area contributed by atoms with Crippen LogP contribution in [0.5, 0.6) is 11.5 Å². The summed E-state index contributed by atoms with van der Waals surface area (Å²) >= 11 is 0. The number of halogens is 1. The quantitative estimate of drug-likeness (QED) is 0.298. The lowest BCUT2D eigenvalue weighted by atomic mass is 10.0. The molecule has 0 spiro atoms. The molecule has 2 aliphatic rings. The van der Waals surface area contributed by atoms with Gasteiger partial charge in [0.05, 0.1) is 18.8 Å². The molecule has 2 fully saturated rings. The molecule has 3 heterocycles.